The molecule has 8 nitrogen and oxygen atoms in total. The molecule has 0 radical (unpaired) electrons. The number of methoxy groups -OCH3 is 1. The molecule has 0 saturated carbocycles. The van der Waals surface area contributed by atoms with Gasteiger partial charge >= 0.3 is 0 Å². The summed E-state index contributed by atoms with van der Waals surface area (Å²) in [5, 5.41) is 19.0. The number of rotatable bonds is 5. The maximum absolute atomic E-state index is 9.84. The molecule has 160 valence electrons. The van der Waals surface area contributed by atoms with E-state index in [0.29, 0.717) is 0 Å². The molecule has 1 fully saturated rings. The van der Waals surface area contributed by atoms with Crippen molar-refractivity contribution in [3.8, 4) is 22.6 Å². The molecule has 0 unspecified atom stereocenters. The van der Waals surface area contributed by atoms with Crippen molar-refractivity contribution in [2.45, 2.75) is 32.7 Å². The van der Waals surface area contributed by atoms with E-state index in [1.165, 1.54) is 0 Å². The molecular formula is C23H26N6O2. The highest BCUT2D eigenvalue weighted by molar-refractivity contribution is 5.85. The zero-order valence-electron chi connectivity index (χ0n) is 18.0. The number of hydrogen-bond acceptors (Lipinski definition) is 6. The number of fused-ring (bicyclic) bond motifs is 1. The average molecular weight is 419 g/mol. The predicted octanol–water partition coefficient (Wildman–Crippen LogP) is 3.17. The number of aryl methyl sites for hydroxylation is 2. The van der Waals surface area contributed by atoms with E-state index in [0.717, 1.165) is 64.8 Å². The Morgan fingerprint density at radius 2 is 2.10 bits per heavy atom. The summed E-state index contributed by atoms with van der Waals surface area (Å²) in [5.41, 5.74) is 5.40. The molecule has 1 saturated heterocycles. The van der Waals surface area contributed by atoms with E-state index in [1.807, 2.05) is 48.8 Å². The van der Waals surface area contributed by atoms with Gasteiger partial charge in [-0.05, 0) is 44.9 Å². The van der Waals surface area contributed by atoms with Gasteiger partial charge in [0, 0.05) is 42.3 Å². The Balaban J connectivity index is 1.69. The standard InChI is InChI=1S/C23H26N6O2/c1-15-12-21(27-10-4-6-18(27)14-30)29-23(25-15)22(16(2)26-29)19-8-7-17(13-20(19)31-3)28-11-5-9-24-28/h5,7-9,11-13,18,30H,4,6,10,14H2,1-3H3/t18-/m0/s1. The Morgan fingerprint density at radius 3 is 2.84 bits per heavy atom. The first-order valence-corrected chi connectivity index (χ1v) is 10.5. The number of anilines is 1. The van der Waals surface area contributed by atoms with Crippen molar-refractivity contribution < 1.29 is 9.84 Å². The van der Waals surface area contributed by atoms with Crippen LogP contribution in [0.4, 0.5) is 5.82 Å². The molecular weight excluding hydrogens is 392 g/mol. The third-order valence-corrected chi connectivity index (χ3v) is 5.98. The van der Waals surface area contributed by atoms with Gasteiger partial charge < -0.3 is 14.7 Å². The molecule has 4 aromatic rings. The second-order valence-corrected chi connectivity index (χ2v) is 7.96. The first kappa shape index (κ1) is 19.6. The maximum atomic E-state index is 9.84. The van der Waals surface area contributed by atoms with E-state index in [4.69, 9.17) is 14.8 Å². The number of aromatic nitrogens is 5. The molecule has 4 heterocycles. The Morgan fingerprint density at radius 1 is 1.23 bits per heavy atom. The third-order valence-electron chi connectivity index (χ3n) is 5.98. The van der Waals surface area contributed by atoms with Crippen LogP contribution in [0.15, 0.2) is 42.7 Å². The summed E-state index contributed by atoms with van der Waals surface area (Å²) in [6.45, 7) is 5.04. The Labute approximate surface area is 180 Å². The lowest BCUT2D eigenvalue weighted by Gasteiger charge is -2.25. The monoisotopic (exact) mass is 418 g/mol. The summed E-state index contributed by atoms with van der Waals surface area (Å²) >= 11 is 0. The number of nitrogens with zero attached hydrogens (tertiary/aromatic N) is 6. The maximum Gasteiger partial charge on any atom is 0.165 e. The second-order valence-electron chi connectivity index (χ2n) is 7.96. The number of aliphatic hydroxyl groups is 1. The lowest BCUT2D eigenvalue weighted by Crippen LogP contribution is -2.33. The first-order chi connectivity index (χ1) is 15.1. The molecule has 31 heavy (non-hydrogen) atoms. The minimum Gasteiger partial charge on any atom is -0.496 e. The van der Waals surface area contributed by atoms with Crippen molar-refractivity contribution in [2.24, 2.45) is 0 Å². The average Bonchev–Trinajstić information content (AvgIpc) is 3.52. The summed E-state index contributed by atoms with van der Waals surface area (Å²) in [6, 6.07) is 10.1. The summed E-state index contributed by atoms with van der Waals surface area (Å²) in [5.74, 6) is 1.71. The van der Waals surface area contributed by atoms with E-state index in [9.17, 15) is 5.11 Å². The molecule has 1 aliphatic heterocycles. The van der Waals surface area contributed by atoms with Crippen molar-refractivity contribution in [1.82, 2.24) is 24.4 Å². The fourth-order valence-corrected chi connectivity index (χ4v) is 4.52. The van der Waals surface area contributed by atoms with E-state index in [-0.39, 0.29) is 12.6 Å². The molecule has 0 bridgehead atoms. The van der Waals surface area contributed by atoms with Gasteiger partial charge in [-0.2, -0.15) is 14.7 Å². The fourth-order valence-electron chi connectivity index (χ4n) is 4.52. The van der Waals surface area contributed by atoms with Crippen LogP contribution in [0.2, 0.25) is 0 Å². The van der Waals surface area contributed by atoms with Crippen molar-refractivity contribution in [3.05, 3.63) is 54.1 Å². The minimum absolute atomic E-state index is 0.112. The zero-order chi connectivity index (χ0) is 21.5. The van der Waals surface area contributed by atoms with Crippen LogP contribution in [-0.2, 0) is 0 Å². The number of hydrogen-bond donors (Lipinski definition) is 1. The van der Waals surface area contributed by atoms with E-state index in [1.54, 1.807) is 18.0 Å². The van der Waals surface area contributed by atoms with Gasteiger partial charge in [0.25, 0.3) is 0 Å². The van der Waals surface area contributed by atoms with E-state index in [2.05, 4.69) is 16.1 Å². The van der Waals surface area contributed by atoms with Crippen molar-refractivity contribution in [3.63, 3.8) is 0 Å². The van der Waals surface area contributed by atoms with Crippen molar-refractivity contribution >= 4 is 11.5 Å². The van der Waals surface area contributed by atoms with Gasteiger partial charge in [-0.15, -0.1) is 0 Å². The topological polar surface area (TPSA) is 80.7 Å². The Hall–Kier alpha value is -3.39. The van der Waals surface area contributed by atoms with Gasteiger partial charge in [0.1, 0.15) is 11.6 Å². The fraction of sp³-hybridized carbons (Fsp3) is 0.348. The van der Waals surface area contributed by atoms with Crippen molar-refractivity contribution in [2.75, 3.05) is 25.2 Å². The van der Waals surface area contributed by atoms with Crippen LogP contribution in [0.25, 0.3) is 22.5 Å². The SMILES string of the molecule is COc1cc(-n2cccn2)ccc1-c1c(C)nn2c(N3CCC[C@H]3CO)cc(C)nc12. The highest BCUT2D eigenvalue weighted by Gasteiger charge is 2.28. The van der Waals surface area contributed by atoms with Crippen molar-refractivity contribution in [1.29, 1.82) is 0 Å². The van der Waals surface area contributed by atoms with Gasteiger partial charge in [-0.1, -0.05) is 0 Å². The predicted molar refractivity (Wildman–Crippen MR) is 119 cm³/mol. The molecule has 1 N–H and O–H groups in total. The number of ether oxygens (including phenoxy) is 1. The largest absolute Gasteiger partial charge is 0.496 e. The Kier molecular flexibility index (Phi) is 4.86. The van der Waals surface area contributed by atoms with Gasteiger partial charge in [0.05, 0.1) is 36.7 Å². The van der Waals surface area contributed by atoms with Gasteiger partial charge in [0.15, 0.2) is 5.65 Å². The smallest absolute Gasteiger partial charge is 0.165 e. The lowest BCUT2D eigenvalue weighted by molar-refractivity contribution is 0.265. The lowest BCUT2D eigenvalue weighted by atomic mass is 10.0. The van der Waals surface area contributed by atoms with E-state index < -0.39 is 0 Å². The molecule has 8 heteroatoms. The van der Waals surface area contributed by atoms with Crippen LogP contribution >= 0.6 is 0 Å². The number of benzene rings is 1. The summed E-state index contributed by atoms with van der Waals surface area (Å²) in [4.78, 5) is 7.09. The van der Waals surface area contributed by atoms with Gasteiger partial charge in [-0.25, -0.2) is 9.67 Å². The normalized spacial score (nSPS) is 16.4. The van der Waals surface area contributed by atoms with Crippen LogP contribution in [0, 0.1) is 13.8 Å². The molecule has 1 atom stereocenters. The highest BCUT2D eigenvalue weighted by atomic mass is 16.5. The zero-order valence-corrected chi connectivity index (χ0v) is 18.0. The minimum atomic E-state index is 0.112. The molecule has 1 aromatic carbocycles. The molecule has 0 amide bonds. The van der Waals surface area contributed by atoms with Crippen LogP contribution in [0.3, 0.4) is 0 Å². The van der Waals surface area contributed by atoms with E-state index >= 15 is 0 Å². The molecule has 5 rings (SSSR count). The molecule has 0 spiro atoms. The van der Waals surface area contributed by atoms with Crippen LogP contribution in [0.5, 0.6) is 5.75 Å². The second kappa shape index (κ2) is 7.70. The highest BCUT2D eigenvalue weighted by Crippen LogP contribution is 2.38. The first-order valence-electron chi connectivity index (χ1n) is 10.5. The van der Waals surface area contributed by atoms with Crippen LogP contribution in [-0.4, -0.2) is 55.8 Å². The molecule has 0 aliphatic carbocycles. The van der Waals surface area contributed by atoms with Gasteiger partial charge in [0.2, 0.25) is 0 Å². The van der Waals surface area contributed by atoms with Crippen LogP contribution in [0.1, 0.15) is 24.2 Å². The summed E-state index contributed by atoms with van der Waals surface area (Å²) in [6.07, 6.45) is 5.70. The Bertz CT molecular complexity index is 1230. The summed E-state index contributed by atoms with van der Waals surface area (Å²) < 4.78 is 9.47. The van der Waals surface area contributed by atoms with Crippen LogP contribution < -0.4 is 9.64 Å². The van der Waals surface area contributed by atoms with Gasteiger partial charge in [-0.3, -0.25) is 0 Å². The third kappa shape index (κ3) is 3.23. The number of aliphatic hydroxyl groups excluding tert-OH is 1. The quantitative estimate of drug-likeness (QED) is 0.536. The molecule has 1 aliphatic rings. The summed E-state index contributed by atoms with van der Waals surface area (Å²) in [7, 11) is 1.67. The molecule has 3 aromatic heterocycles.